The normalized spacial score (nSPS) is 29.2. The van der Waals surface area contributed by atoms with Gasteiger partial charge in [-0.2, -0.15) is 0 Å². The molecule has 10 heavy (non-hydrogen) atoms. The van der Waals surface area contributed by atoms with Gasteiger partial charge in [-0.3, -0.25) is 5.43 Å². The van der Waals surface area contributed by atoms with E-state index in [0.717, 1.165) is 6.54 Å². The first kappa shape index (κ1) is 7.97. The molecule has 1 rings (SSSR count). The van der Waals surface area contributed by atoms with Gasteiger partial charge in [-0.25, -0.2) is 13.4 Å². The maximum Gasteiger partial charge on any atom is 0.164 e. The highest BCUT2D eigenvalue weighted by Crippen LogP contribution is 2.11. The number of hydrogen-bond donors (Lipinski definition) is 1. The number of sulfone groups is 1. The third kappa shape index (κ3) is 1.47. The van der Waals surface area contributed by atoms with Crippen LogP contribution < -0.4 is 5.43 Å². The smallest absolute Gasteiger partial charge is 0.164 e. The van der Waals surface area contributed by atoms with Crippen LogP contribution in [0.3, 0.4) is 0 Å². The van der Waals surface area contributed by atoms with Gasteiger partial charge in [-0.05, 0) is 6.42 Å². The van der Waals surface area contributed by atoms with E-state index in [9.17, 15) is 8.42 Å². The van der Waals surface area contributed by atoms with Gasteiger partial charge in [0.25, 0.3) is 0 Å². The van der Waals surface area contributed by atoms with Crippen molar-refractivity contribution < 1.29 is 8.42 Å². The largest absolute Gasteiger partial charge is 0.254 e. The molecule has 1 atom stereocenters. The number of nitrogens with zero attached hydrogens (tertiary/aromatic N) is 1. The first-order valence-corrected chi connectivity index (χ1v) is 5.12. The summed E-state index contributed by atoms with van der Waals surface area (Å²) in [6.07, 6.45) is 1.95. The molecule has 5 heteroatoms. The van der Waals surface area contributed by atoms with E-state index in [1.807, 2.05) is 0 Å². The average Bonchev–Trinajstić information content (AvgIpc) is 2.11. The Balaban J connectivity index is 2.74. The van der Waals surface area contributed by atoms with Crippen molar-refractivity contribution in [3.63, 3.8) is 0 Å². The maximum atomic E-state index is 11.0. The predicted octanol–water partition coefficient (Wildman–Crippen LogP) is -0.803. The lowest BCUT2D eigenvalue weighted by Gasteiger charge is -2.16. The second-order valence-electron chi connectivity index (χ2n) is 2.59. The summed E-state index contributed by atoms with van der Waals surface area (Å²) in [4.78, 5) is 0. The van der Waals surface area contributed by atoms with Crippen LogP contribution in [-0.2, 0) is 9.84 Å². The first-order chi connectivity index (χ1) is 4.52. The zero-order valence-electron chi connectivity index (χ0n) is 6.16. The molecule has 1 fully saturated rings. The third-order valence-corrected chi connectivity index (χ3v) is 3.22. The van der Waals surface area contributed by atoms with E-state index in [0.29, 0.717) is 6.42 Å². The number of nitrogens with one attached hydrogen (secondary N) is 1. The van der Waals surface area contributed by atoms with E-state index in [-0.39, 0.29) is 5.37 Å². The SMILES string of the molecule is CN1NCCC1S(C)(=O)=O. The zero-order chi connectivity index (χ0) is 7.78. The fraction of sp³-hybridized carbons (Fsp3) is 1.00. The molecule has 0 aromatic rings. The van der Waals surface area contributed by atoms with E-state index in [4.69, 9.17) is 0 Å². The minimum absolute atomic E-state index is 0.326. The van der Waals surface area contributed by atoms with E-state index in [1.54, 1.807) is 12.1 Å². The molecule has 0 spiro atoms. The topological polar surface area (TPSA) is 49.4 Å². The van der Waals surface area contributed by atoms with Crippen molar-refractivity contribution in [2.45, 2.75) is 11.8 Å². The van der Waals surface area contributed by atoms with Crippen molar-refractivity contribution in [2.75, 3.05) is 19.8 Å². The van der Waals surface area contributed by atoms with Gasteiger partial charge >= 0.3 is 0 Å². The van der Waals surface area contributed by atoms with Crippen LogP contribution in [0.15, 0.2) is 0 Å². The summed E-state index contributed by atoms with van der Waals surface area (Å²) in [6, 6.07) is 0. The summed E-state index contributed by atoms with van der Waals surface area (Å²) in [5.41, 5.74) is 2.93. The molecule has 0 saturated carbocycles. The minimum Gasteiger partial charge on any atom is -0.254 e. The van der Waals surface area contributed by atoms with Crippen LogP contribution in [0.1, 0.15) is 6.42 Å². The van der Waals surface area contributed by atoms with Gasteiger partial charge in [0.15, 0.2) is 9.84 Å². The Morgan fingerprint density at radius 1 is 1.60 bits per heavy atom. The summed E-state index contributed by atoms with van der Waals surface area (Å²) in [5.74, 6) is 0. The van der Waals surface area contributed by atoms with Gasteiger partial charge in [-0.15, -0.1) is 0 Å². The van der Waals surface area contributed by atoms with Crippen LogP contribution in [0.4, 0.5) is 0 Å². The molecule has 0 bridgehead atoms. The highest BCUT2D eigenvalue weighted by atomic mass is 32.2. The minimum atomic E-state index is -2.89. The quantitative estimate of drug-likeness (QED) is 0.551. The maximum absolute atomic E-state index is 11.0. The predicted molar refractivity (Wildman–Crippen MR) is 39.0 cm³/mol. The Kier molecular flexibility index (Phi) is 1.98. The monoisotopic (exact) mass is 164 g/mol. The Morgan fingerprint density at radius 2 is 2.20 bits per heavy atom. The lowest BCUT2D eigenvalue weighted by Crippen LogP contribution is -2.37. The molecule has 4 nitrogen and oxygen atoms in total. The summed E-state index contributed by atoms with van der Waals surface area (Å²) in [7, 11) is -1.14. The standard InChI is InChI=1S/C5H12N2O2S/c1-7-5(3-4-6-7)10(2,8)9/h5-6H,3-4H2,1-2H3. The second kappa shape index (κ2) is 2.48. The van der Waals surface area contributed by atoms with Crippen LogP contribution in [0, 0.1) is 0 Å². The summed E-state index contributed by atoms with van der Waals surface area (Å²) in [6.45, 7) is 0.758. The summed E-state index contributed by atoms with van der Waals surface area (Å²) >= 11 is 0. The molecule has 0 radical (unpaired) electrons. The van der Waals surface area contributed by atoms with Crippen LogP contribution in [0.5, 0.6) is 0 Å². The van der Waals surface area contributed by atoms with E-state index < -0.39 is 9.84 Å². The molecule has 1 unspecified atom stereocenters. The molecule has 0 aromatic heterocycles. The van der Waals surface area contributed by atoms with E-state index in [2.05, 4.69) is 5.43 Å². The molecule has 0 amide bonds. The average molecular weight is 164 g/mol. The lowest BCUT2D eigenvalue weighted by atomic mass is 10.5. The molecule has 0 aliphatic carbocycles. The van der Waals surface area contributed by atoms with Crippen LogP contribution >= 0.6 is 0 Å². The summed E-state index contributed by atoms with van der Waals surface area (Å²) < 4.78 is 21.9. The van der Waals surface area contributed by atoms with Gasteiger partial charge in [0.2, 0.25) is 0 Å². The van der Waals surface area contributed by atoms with Crippen LogP contribution in [-0.4, -0.2) is 38.6 Å². The lowest BCUT2D eigenvalue weighted by molar-refractivity contribution is 0.287. The highest BCUT2D eigenvalue weighted by molar-refractivity contribution is 7.91. The van der Waals surface area contributed by atoms with E-state index >= 15 is 0 Å². The van der Waals surface area contributed by atoms with E-state index in [1.165, 1.54) is 6.26 Å². The molecule has 0 aromatic carbocycles. The van der Waals surface area contributed by atoms with Gasteiger partial charge in [0, 0.05) is 19.8 Å². The zero-order valence-corrected chi connectivity index (χ0v) is 6.98. The van der Waals surface area contributed by atoms with Crippen molar-refractivity contribution in [3.05, 3.63) is 0 Å². The van der Waals surface area contributed by atoms with Gasteiger partial charge in [0.1, 0.15) is 5.37 Å². The van der Waals surface area contributed by atoms with Crippen LogP contribution in [0.2, 0.25) is 0 Å². The molecule has 1 N–H and O–H groups in total. The fourth-order valence-electron chi connectivity index (χ4n) is 1.16. The van der Waals surface area contributed by atoms with Crippen molar-refractivity contribution in [3.8, 4) is 0 Å². The molecule has 1 saturated heterocycles. The second-order valence-corrected chi connectivity index (χ2v) is 4.80. The van der Waals surface area contributed by atoms with Gasteiger partial charge in [0.05, 0.1) is 0 Å². The first-order valence-electron chi connectivity index (χ1n) is 3.17. The highest BCUT2D eigenvalue weighted by Gasteiger charge is 2.29. The van der Waals surface area contributed by atoms with Crippen LogP contribution in [0.25, 0.3) is 0 Å². The Bertz CT molecular complexity index is 212. The number of rotatable bonds is 1. The Morgan fingerprint density at radius 3 is 2.40 bits per heavy atom. The number of hydrazine groups is 1. The van der Waals surface area contributed by atoms with Crippen molar-refractivity contribution in [1.29, 1.82) is 0 Å². The molecule has 1 heterocycles. The van der Waals surface area contributed by atoms with Crippen molar-refractivity contribution in [1.82, 2.24) is 10.4 Å². The molecular weight excluding hydrogens is 152 g/mol. The number of hydrogen-bond acceptors (Lipinski definition) is 4. The molecule has 1 aliphatic rings. The third-order valence-electron chi connectivity index (χ3n) is 1.68. The van der Waals surface area contributed by atoms with Crippen molar-refractivity contribution in [2.24, 2.45) is 0 Å². The molecule has 60 valence electrons. The van der Waals surface area contributed by atoms with Crippen molar-refractivity contribution >= 4 is 9.84 Å². The molecule has 1 aliphatic heterocycles. The Hall–Kier alpha value is -0.130. The van der Waals surface area contributed by atoms with Gasteiger partial charge in [-0.1, -0.05) is 0 Å². The Labute approximate surface area is 61.1 Å². The molecular formula is C5H12N2O2S. The summed E-state index contributed by atoms with van der Waals surface area (Å²) in [5, 5.41) is 1.32. The fourth-order valence-corrected chi connectivity index (χ4v) is 2.36. The van der Waals surface area contributed by atoms with Gasteiger partial charge < -0.3 is 0 Å².